The molecule has 1 heterocycles. The number of unbranched alkanes of at least 4 members (excludes halogenated alkanes) is 2. The maximum absolute atomic E-state index is 11.0. The van der Waals surface area contributed by atoms with Gasteiger partial charge < -0.3 is 14.5 Å². The van der Waals surface area contributed by atoms with Crippen molar-refractivity contribution in [1.82, 2.24) is 10.7 Å². The van der Waals surface area contributed by atoms with Crippen molar-refractivity contribution in [3.8, 4) is 11.3 Å². The zero-order valence-electron chi connectivity index (χ0n) is 15.9. The Kier molecular flexibility index (Phi) is 8.77. The molecule has 0 aliphatic heterocycles. The Labute approximate surface area is 173 Å². The molecule has 0 spiro atoms. The number of ether oxygens (including phenoxy) is 1. The van der Waals surface area contributed by atoms with Crippen LogP contribution in [0.2, 0.25) is 0 Å². The number of rotatable bonds is 10. The van der Waals surface area contributed by atoms with Gasteiger partial charge in [0, 0.05) is 30.7 Å². The second kappa shape index (κ2) is 11.5. The Bertz CT molecular complexity index is 864. The fourth-order valence-electron chi connectivity index (χ4n) is 2.39. The fraction of sp³-hybridized carbons (Fsp3) is 0.316. The number of non-ortho nitro benzene ring substituents is 1. The zero-order valence-corrected chi connectivity index (χ0v) is 16.7. The standard InChI is InChI=1S/C19H22N4O5S/c1-27-18(24)5-3-2-4-12-20-19(29)22-21-13-16-10-11-17(28-16)14-6-8-15(9-7-14)23(25)26/h6-11,13H,2-5,12H2,1H3,(H2,20,22,29)/b21-13-. The van der Waals surface area contributed by atoms with Gasteiger partial charge in [0.2, 0.25) is 0 Å². The van der Waals surface area contributed by atoms with Gasteiger partial charge in [-0.05, 0) is 49.3 Å². The van der Waals surface area contributed by atoms with E-state index >= 15 is 0 Å². The lowest BCUT2D eigenvalue weighted by molar-refractivity contribution is -0.384. The van der Waals surface area contributed by atoms with Gasteiger partial charge in [0.15, 0.2) is 5.11 Å². The van der Waals surface area contributed by atoms with Crippen LogP contribution in [0.1, 0.15) is 31.4 Å². The number of nitrogens with zero attached hydrogens (tertiary/aromatic N) is 2. The molecule has 10 heteroatoms. The molecule has 0 unspecified atom stereocenters. The molecule has 2 rings (SSSR count). The molecule has 0 radical (unpaired) electrons. The first-order chi connectivity index (χ1) is 14.0. The van der Waals surface area contributed by atoms with E-state index in [0.29, 0.717) is 29.6 Å². The van der Waals surface area contributed by atoms with Crippen LogP contribution in [0.3, 0.4) is 0 Å². The summed E-state index contributed by atoms with van der Waals surface area (Å²) in [5.74, 6) is 0.893. The third-order valence-electron chi connectivity index (χ3n) is 3.92. The predicted molar refractivity (Wildman–Crippen MR) is 113 cm³/mol. The van der Waals surface area contributed by atoms with E-state index in [4.69, 9.17) is 16.6 Å². The average molecular weight is 418 g/mol. The van der Waals surface area contributed by atoms with Crippen LogP contribution in [-0.2, 0) is 9.53 Å². The number of nitrogens with one attached hydrogen (secondary N) is 2. The fourth-order valence-corrected chi connectivity index (χ4v) is 2.55. The van der Waals surface area contributed by atoms with Crippen molar-refractivity contribution in [1.29, 1.82) is 0 Å². The molecule has 0 atom stereocenters. The molecule has 154 valence electrons. The van der Waals surface area contributed by atoms with Gasteiger partial charge in [-0.2, -0.15) is 5.10 Å². The van der Waals surface area contributed by atoms with Crippen LogP contribution in [0.25, 0.3) is 11.3 Å². The van der Waals surface area contributed by atoms with Crippen molar-refractivity contribution in [2.24, 2.45) is 5.10 Å². The summed E-state index contributed by atoms with van der Waals surface area (Å²) in [5, 5.41) is 18.1. The molecule has 0 aliphatic rings. The highest BCUT2D eigenvalue weighted by molar-refractivity contribution is 7.80. The number of furan rings is 1. The predicted octanol–water partition coefficient (Wildman–Crippen LogP) is 3.39. The van der Waals surface area contributed by atoms with E-state index in [1.54, 1.807) is 24.3 Å². The number of nitro groups is 1. The molecule has 0 saturated carbocycles. The van der Waals surface area contributed by atoms with E-state index in [1.165, 1.54) is 25.5 Å². The molecule has 0 amide bonds. The summed E-state index contributed by atoms with van der Waals surface area (Å²) in [6.07, 6.45) is 4.46. The van der Waals surface area contributed by atoms with Gasteiger partial charge >= 0.3 is 5.97 Å². The zero-order chi connectivity index (χ0) is 21.1. The van der Waals surface area contributed by atoms with Crippen LogP contribution >= 0.6 is 12.2 Å². The lowest BCUT2D eigenvalue weighted by Gasteiger charge is -2.06. The van der Waals surface area contributed by atoms with Gasteiger partial charge in [-0.15, -0.1) is 0 Å². The smallest absolute Gasteiger partial charge is 0.305 e. The van der Waals surface area contributed by atoms with Crippen LogP contribution < -0.4 is 10.7 Å². The van der Waals surface area contributed by atoms with E-state index in [9.17, 15) is 14.9 Å². The number of carbonyl (C=O) groups excluding carboxylic acids is 1. The number of esters is 1. The first-order valence-electron chi connectivity index (χ1n) is 8.98. The molecule has 0 fully saturated rings. The highest BCUT2D eigenvalue weighted by Gasteiger charge is 2.08. The van der Waals surface area contributed by atoms with E-state index in [0.717, 1.165) is 24.8 Å². The Morgan fingerprint density at radius 3 is 2.69 bits per heavy atom. The van der Waals surface area contributed by atoms with Gasteiger partial charge in [-0.25, -0.2) is 0 Å². The molecule has 0 aliphatic carbocycles. The third kappa shape index (κ3) is 7.70. The Morgan fingerprint density at radius 2 is 2.00 bits per heavy atom. The summed E-state index contributed by atoms with van der Waals surface area (Å²) < 4.78 is 10.2. The number of hydrogen-bond acceptors (Lipinski definition) is 7. The Balaban J connectivity index is 1.70. The monoisotopic (exact) mass is 418 g/mol. The van der Waals surface area contributed by atoms with Crippen LogP contribution in [0.15, 0.2) is 45.9 Å². The van der Waals surface area contributed by atoms with E-state index in [-0.39, 0.29) is 11.7 Å². The minimum absolute atomic E-state index is 0.0239. The second-order valence-corrected chi connectivity index (χ2v) is 6.43. The van der Waals surface area contributed by atoms with Gasteiger partial charge in [0.05, 0.1) is 18.2 Å². The molecule has 2 aromatic rings. The van der Waals surface area contributed by atoms with Crippen molar-refractivity contribution in [2.45, 2.75) is 25.7 Å². The van der Waals surface area contributed by atoms with Crippen LogP contribution in [0.5, 0.6) is 0 Å². The highest BCUT2D eigenvalue weighted by Crippen LogP contribution is 2.23. The summed E-state index contributed by atoms with van der Waals surface area (Å²) in [5.41, 5.74) is 3.45. The van der Waals surface area contributed by atoms with Crippen molar-refractivity contribution in [2.75, 3.05) is 13.7 Å². The van der Waals surface area contributed by atoms with E-state index < -0.39 is 4.92 Å². The summed E-state index contributed by atoms with van der Waals surface area (Å²) in [6.45, 7) is 0.674. The minimum atomic E-state index is -0.449. The van der Waals surface area contributed by atoms with Crippen LogP contribution in [-0.4, -0.2) is 35.9 Å². The number of hydrogen-bond donors (Lipinski definition) is 2. The number of carbonyl (C=O) groups is 1. The first kappa shape index (κ1) is 22.0. The summed E-state index contributed by atoms with van der Waals surface area (Å²) in [4.78, 5) is 21.2. The van der Waals surface area contributed by atoms with Gasteiger partial charge in [-0.3, -0.25) is 20.3 Å². The number of hydrazone groups is 1. The third-order valence-corrected chi connectivity index (χ3v) is 4.15. The van der Waals surface area contributed by atoms with Crippen LogP contribution in [0.4, 0.5) is 5.69 Å². The molecule has 0 saturated heterocycles. The SMILES string of the molecule is COC(=O)CCCCCNC(=S)N/N=C\c1ccc(-c2ccc([N+](=O)[O-])cc2)o1. The average Bonchev–Trinajstić information content (AvgIpc) is 3.19. The molecule has 2 N–H and O–H groups in total. The molecular formula is C19H22N4O5S. The largest absolute Gasteiger partial charge is 0.469 e. The molecule has 1 aromatic carbocycles. The lowest BCUT2D eigenvalue weighted by Crippen LogP contribution is -2.32. The van der Waals surface area contributed by atoms with Crippen molar-refractivity contribution in [3.63, 3.8) is 0 Å². The number of thiocarbonyl (C=S) groups is 1. The Hall–Kier alpha value is -3.27. The van der Waals surface area contributed by atoms with Gasteiger partial charge in [0.1, 0.15) is 11.5 Å². The van der Waals surface area contributed by atoms with E-state index in [2.05, 4.69) is 20.6 Å². The summed E-state index contributed by atoms with van der Waals surface area (Å²) in [6, 6.07) is 9.59. The van der Waals surface area contributed by atoms with Crippen molar-refractivity contribution >= 4 is 35.2 Å². The topological polar surface area (TPSA) is 119 Å². The number of nitro benzene ring substituents is 1. The van der Waals surface area contributed by atoms with Crippen molar-refractivity contribution in [3.05, 3.63) is 52.3 Å². The molecular weight excluding hydrogens is 396 g/mol. The Morgan fingerprint density at radius 1 is 1.24 bits per heavy atom. The molecule has 0 bridgehead atoms. The number of benzene rings is 1. The summed E-state index contributed by atoms with van der Waals surface area (Å²) >= 11 is 5.13. The maximum atomic E-state index is 11.0. The quantitative estimate of drug-likeness (QED) is 0.150. The van der Waals surface area contributed by atoms with Gasteiger partial charge in [0.25, 0.3) is 5.69 Å². The lowest BCUT2D eigenvalue weighted by atomic mass is 10.1. The first-order valence-corrected chi connectivity index (χ1v) is 9.39. The van der Waals surface area contributed by atoms with Crippen molar-refractivity contribution < 1.29 is 18.9 Å². The maximum Gasteiger partial charge on any atom is 0.305 e. The van der Waals surface area contributed by atoms with Crippen LogP contribution in [0, 0.1) is 10.1 Å². The molecule has 1 aromatic heterocycles. The van der Waals surface area contributed by atoms with Gasteiger partial charge in [-0.1, -0.05) is 6.42 Å². The minimum Gasteiger partial charge on any atom is -0.469 e. The summed E-state index contributed by atoms with van der Waals surface area (Å²) in [7, 11) is 1.38. The second-order valence-electron chi connectivity index (χ2n) is 6.02. The number of methoxy groups -OCH3 is 1. The highest BCUT2D eigenvalue weighted by atomic mass is 32.1. The van der Waals surface area contributed by atoms with E-state index in [1.807, 2.05) is 0 Å². The normalized spacial score (nSPS) is 10.7. The molecule has 29 heavy (non-hydrogen) atoms. The molecule has 9 nitrogen and oxygen atoms in total.